The van der Waals surface area contributed by atoms with Gasteiger partial charge < -0.3 is 10.2 Å². The van der Waals surface area contributed by atoms with E-state index in [-0.39, 0.29) is 11.9 Å². The van der Waals surface area contributed by atoms with Crippen molar-refractivity contribution in [1.29, 1.82) is 0 Å². The lowest BCUT2D eigenvalue weighted by atomic mass is 10.1. The van der Waals surface area contributed by atoms with Gasteiger partial charge in [-0.1, -0.05) is 36.4 Å². The zero-order chi connectivity index (χ0) is 18.5. The van der Waals surface area contributed by atoms with Gasteiger partial charge in [0.15, 0.2) is 0 Å². The van der Waals surface area contributed by atoms with Crippen molar-refractivity contribution in [2.24, 2.45) is 0 Å². The molecule has 1 N–H and O–H groups in total. The standard InChI is InChI=1S/C22H24N4O/c27-22(19-10-6-11-20(16-19)26-15-7-12-23-26)24-21(17-25-13-4-5-14-25)18-8-2-1-3-9-18/h1-3,6-12,15-16,21H,4-5,13-14,17H2,(H,24,27). The SMILES string of the molecule is O=C(NC(CN1CCCC1)c1ccccc1)c1cccc(-n2cccn2)c1. The quantitative estimate of drug-likeness (QED) is 0.733. The van der Waals surface area contributed by atoms with Crippen molar-refractivity contribution in [1.82, 2.24) is 20.0 Å². The Morgan fingerprint density at radius 1 is 1.04 bits per heavy atom. The Kier molecular flexibility index (Phi) is 5.30. The molecule has 1 atom stereocenters. The lowest BCUT2D eigenvalue weighted by Gasteiger charge is -2.25. The summed E-state index contributed by atoms with van der Waals surface area (Å²) < 4.78 is 1.76. The monoisotopic (exact) mass is 360 g/mol. The molecule has 1 fully saturated rings. The minimum Gasteiger partial charge on any atom is -0.344 e. The van der Waals surface area contributed by atoms with E-state index >= 15 is 0 Å². The summed E-state index contributed by atoms with van der Waals surface area (Å²) in [5.41, 5.74) is 2.66. The molecule has 3 aromatic rings. The van der Waals surface area contributed by atoms with Crippen LogP contribution in [0.3, 0.4) is 0 Å². The van der Waals surface area contributed by atoms with Crippen LogP contribution in [0.15, 0.2) is 73.1 Å². The molecule has 2 heterocycles. The highest BCUT2D eigenvalue weighted by Gasteiger charge is 2.21. The van der Waals surface area contributed by atoms with Crippen molar-refractivity contribution in [3.05, 3.63) is 84.2 Å². The maximum absolute atomic E-state index is 13.0. The lowest BCUT2D eigenvalue weighted by Crippen LogP contribution is -2.37. The molecule has 27 heavy (non-hydrogen) atoms. The van der Waals surface area contributed by atoms with Crippen LogP contribution in [0, 0.1) is 0 Å². The largest absolute Gasteiger partial charge is 0.344 e. The second-order valence-electron chi connectivity index (χ2n) is 6.95. The first-order chi connectivity index (χ1) is 13.3. The molecule has 1 aliphatic rings. The third-order valence-corrected chi connectivity index (χ3v) is 5.02. The Balaban J connectivity index is 1.53. The highest BCUT2D eigenvalue weighted by molar-refractivity contribution is 5.95. The lowest BCUT2D eigenvalue weighted by molar-refractivity contribution is 0.0927. The number of likely N-dealkylation sites (tertiary alicyclic amines) is 1. The molecular weight excluding hydrogens is 336 g/mol. The number of nitrogens with one attached hydrogen (secondary N) is 1. The fraction of sp³-hybridized carbons (Fsp3) is 0.273. The Morgan fingerprint density at radius 2 is 1.85 bits per heavy atom. The van der Waals surface area contributed by atoms with Crippen LogP contribution in [0.2, 0.25) is 0 Å². The van der Waals surface area contributed by atoms with E-state index in [9.17, 15) is 4.79 Å². The molecule has 1 aromatic heterocycles. The van der Waals surface area contributed by atoms with Crippen molar-refractivity contribution in [3.63, 3.8) is 0 Å². The van der Waals surface area contributed by atoms with Crippen LogP contribution in [0.4, 0.5) is 0 Å². The number of carbonyl (C=O) groups is 1. The van der Waals surface area contributed by atoms with E-state index in [1.807, 2.05) is 54.7 Å². The molecule has 2 aromatic carbocycles. The van der Waals surface area contributed by atoms with Crippen molar-refractivity contribution in [2.75, 3.05) is 19.6 Å². The van der Waals surface area contributed by atoms with Crippen LogP contribution < -0.4 is 5.32 Å². The van der Waals surface area contributed by atoms with Gasteiger partial charge in [0.25, 0.3) is 5.91 Å². The van der Waals surface area contributed by atoms with Gasteiger partial charge in [-0.15, -0.1) is 0 Å². The van der Waals surface area contributed by atoms with E-state index in [4.69, 9.17) is 0 Å². The van der Waals surface area contributed by atoms with E-state index in [2.05, 4.69) is 27.4 Å². The molecule has 1 aliphatic heterocycles. The molecule has 138 valence electrons. The molecule has 1 saturated heterocycles. The van der Waals surface area contributed by atoms with Gasteiger partial charge in [-0.3, -0.25) is 4.79 Å². The molecule has 0 saturated carbocycles. The van der Waals surface area contributed by atoms with Crippen LogP contribution in [0.5, 0.6) is 0 Å². The maximum Gasteiger partial charge on any atom is 0.251 e. The van der Waals surface area contributed by atoms with Crippen LogP contribution in [0.1, 0.15) is 34.8 Å². The Labute approximate surface area is 159 Å². The van der Waals surface area contributed by atoms with E-state index in [1.165, 1.54) is 12.8 Å². The molecular formula is C22H24N4O. The topological polar surface area (TPSA) is 50.2 Å². The summed E-state index contributed by atoms with van der Waals surface area (Å²) in [6.07, 6.45) is 6.08. The zero-order valence-corrected chi connectivity index (χ0v) is 15.3. The van der Waals surface area contributed by atoms with Crippen LogP contribution in [-0.2, 0) is 0 Å². The molecule has 1 unspecified atom stereocenters. The smallest absolute Gasteiger partial charge is 0.251 e. The fourth-order valence-electron chi connectivity index (χ4n) is 3.60. The molecule has 0 aliphatic carbocycles. The summed E-state index contributed by atoms with van der Waals surface area (Å²) >= 11 is 0. The van der Waals surface area contributed by atoms with Crippen LogP contribution in [-0.4, -0.2) is 40.2 Å². The van der Waals surface area contributed by atoms with Gasteiger partial charge in [0, 0.05) is 24.5 Å². The number of rotatable bonds is 6. The first-order valence-electron chi connectivity index (χ1n) is 9.48. The van der Waals surface area contributed by atoms with E-state index in [0.29, 0.717) is 5.56 Å². The molecule has 5 nitrogen and oxygen atoms in total. The van der Waals surface area contributed by atoms with Crippen molar-refractivity contribution < 1.29 is 4.79 Å². The van der Waals surface area contributed by atoms with E-state index in [0.717, 1.165) is 30.9 Å². The van der Waals surface area contributed by atoms with Crippen molar-refractivity contribution in [3.8, 4) is 5.69 Å². The zero-order valence-electron chi connectivity index (χ0n) is 15.3. The van der Waals surface area contributed by atoms with Crippen molar-refractivity contribution >= 4 is 5.91 Å². The summed E-state index contributed by atoms with van der Waals surface area (Å²) in [5, 5.41) is 7.48. The Morgan fingerprint density at radius 3 is 2.59 bits per heavy atom. The number of hydrogen-bond acceptors (Lipinski definition) is 3. The summed E-state index contributed by atoms with van der Waals surface area (Å²) in [6.45, 7) is 3.05. The maximum atomic E-state index is 13.0. The van der Waals surface area contributed by atoms with Gasteiger partial charge >= 0.3 is 0 Å². The van der Waals surface area contributed by atoms with Gasteiger partial charge in [-0.2, -0.15) is 5.10 Å². The van der Waals surface area contributed by atoms with Gasteiger partial charge in [-0.25, -0.2) is 4.68 Å². The first-order valence-corrected chi connectivity index (χ1v) is 9.48. The highest BCUT2D eigenvalue weighted by Crippen LogP contribution is 2.19. The number of carbonyl (C=O) groups excluding carboxylic acids is 1. The Bertz CT molecular complexity index is 870. The second-order valence-corrected chi connectivity index (χ2v) is 6.95. The van der Waals surface area contributed by atoms with Gasteiger partial charge in [0.2, 0.25) is 0 Å². The number of hydrogen-bond donors (Lipinski definition) is 1. The number of nitrogens with zero attached hydrogens (tertiary/aromatic N) is 3. The van der Waals surface area contributed by atoms with Crippen LogP contribution in [0.25, 0.3) is 5.69 Å². The molecule has 1 amide bonds. The van der Waals surface area contributed by atoms with Gasteiger partial charge in [0.1, 0.15) is 0 Å². The predicted octanol–water partition coefficient (Wildman–Crippen LogP) is 3.44. The molecule has 5 heteroatoms. The molecule has 0 spiro atoms. The molecule has 0 radical (unpaired) electrons. The predicted molar refractivity (Wildman–Crippen MR) is 106 cm³/mol. The highest BCUT2D eigenvalue weighted by atomic mass is 16.1. The van der Waals surface area contributed by atoms with E-state index < -0.39 is 0 Å². The fourth-order valence-corrected chi connectivity index (χ4v) is 3.60. The number of benzene rings is 2. The second kappa shape index (κ2) is 8.18. The van der Waals surface area contributed by atoms with Crippen LogP contribution >= 0.6 is 0 Å². The van der Waals surface area contributed by atoms with Gasteiger partial charge in [0.05, 0.1) is 11.7 Å². The minimum atomic E-state index is -0.0583. The number of aromatic nitrogens is 2. The molecule has 0 bridgehead atoms. The third-order valence-electron chi connectivity index (χ3n) is 5.02. The van der Waals surface area contributed by atoms with Gasteiger partial charge in [-0.05, 0) is 55.8 Å². The minimum absolute atomic E-state index is 0.0230. The normalized spacial score (nSPS) is 15.6. The molecule has 4 rings (SSSR count). The first kappa shape index (κ1) is 17.5. The van der Waals surface area contributed by atoms with E-state index in [1.54, 1.807) is 10.9 Å². The summed E-state index contributed by atoms with van der Waals surface area (Å²) in [5.74, 6) is -0.0583. The average Bonchev–Trinajstić information content (AvgIpc) is 3.42. The van der Waals surface area contributed by atoms with Crippen molar-refractivity contribution in [2.45, 2.75) is 18.9 Å². The number of amides is 1. The third kappa shape index (κ3) is 4.26. The summed E-state index contributed by atoms with van der Waals surface area (Å²) in [7, 11) is 0. The summed E-state index contributed by atoms with van der Waals surface area (Å²) in [4.78, 5) is 15.4. The summed E-state index contributed by atoms with van der Waals surface area (Å²) in [6, 6.07) is 19.6. The average molecular weight is 360 g/mol. The Hall–Kier alpha value is -2.92.